The third-order valence-corrected chi connectivity index (χ3v) is 17.5. The molecule has 0 radical (unpaired) electrons. The van der Waals surface area contributed by atoms with Crippen LogP contribution in [0.5, 0.6) is 34.5 Å². The van der Waals surface area contributed by atoms with E-state index in [1.54, 1.807) is 82.4 Å². The first kappa shape index (κ1) is 80.4. The van der Waals surface area contributed by atoms with Crippen molar-refractivity contribution in [3.8, 4) is 68.3 Å². The summed E-state index contributed by atoms with van der Waals surface area (Å²) in [5.74, 6) is 2.99. The average molecular weight is 1510 g/mol. The number of anilines is 9. The lowest BCUT2D eigenvalue weighted by molar-refractivity contribution is -0.112. The predicted octanol–water partition coefficient (Wildman–Crippen LogP) is 14.1. The fourth-order valence-corrected chi connectivity index (χ4v) is 11.9. The quantitative estimate of drug-likeness (QED) is 0.0214. The van der Waals surface area contributed by atoms with Crippen LogP contribution in [0, 0.1) is 6.92 Å². The molecule has 0 unspecified atom stereocenters. The number of para-hydroxylation sites is 3. The van der Waals surface area contributed by atoms with Gasteiger partial charge in [-0.1, -0.05) is 74.3 Å². The van der Waals surface area contributed by atoms with Gasteiger partial charge in [0, 0.05) is 138 Å². The van der Waals surface area contributed by atoms with Gasteiger partial charge in [-0.2, -0.15) is 0 Å². The monoisotopic (exact) mass is 1500 g/mol. The van der Waals surface area contributed by atoms with Gasteiger partial charge in [0.1, 0.15) is 61.0 Å². The lowest BCUT2D eigenvalue weighted by Crippen LogP contribution is -2.20. The number of aromatic nitrogens is 9. The Hall–Kier alpha value is -13.2. The van der Waals surface area contributed by atoms with Crippen molar-refractivity contribution in [3.05, 3.63) is 202 Å². The Kier molecular flexibility index (Phi) is 27.6. The topological polar surface area (TPSA) is 281 Å². The van der Waals surface area contributed by atoms with E-state index in [0.717, 1.165) is 66.5 Å². The van der Waals surface area contributed by atoms with Crippen LogP contribution in [-0.2, 0) is 35.0 Å². The number of hydrogen-bond acceptors (Lipinski definition) is 21. The molecule has 28 heteroatoms. The number of amides is 3. The van der Waals surface area contributed by atoms with Crippen molar-refractivity contribution >= 4 is 102 Å². The highest BCUT2D eigenvalue weighted by molar-refractivity contribution is 6.03. The fourth-order valence-electron chi connectivity index (χ4n) is 11.9. The molecule has 6 heterocycles. The zero-order chi connectivity index (χ0) is 79.3. The first-order chi connectivity index (χ1) is 53.6. The molecule has 0 saturated carbocycles. The van der Waals surface area contributed by atoms with Crippen LogP contribution < -0.4 is 60.3 Å². The van der Waals surface area contributed by atoms with E-state index in [9.17, 15) is 18.8 Å². The van der Waals surface area contributed by atoms with Crippen LogP contribution in [0.3, 0.4) is 0 Å². The van der Waals surface area contributed by atoms with E-state index >= 15 is 0 Å². The van der Waals surface area contributed by atoms with Crippen molar-refractivity contribution in [3.63, 3.8) is 0 Å². The van der Waals surface area contributed by atoms with Gasteiger partial charge in [-0.15, -0.1) is 0 Å². The maximum Gasteiger partial charge on any atom is 0.247 e. The lowest BCUT2D eigenvalue weighted by atomic mass is 10.1. The molecular weight excluding hydrogens is 1410 g/mol. The first-order valence-corrected chi connectivity index (χ1v) is 35.5. The number of carbonyl (C=O) groups is 3. The highest BCUT2D eigenvalue weighted by Gasteiger charge is 2.22. The number of nitrogens with zero attached hydrogens (tertiary/aromatic N) is 12. The van der Waals surface area contributed by atoms with Crippen LogP contribution in [-0.4, -0.2) is 186 Å². The number of fused-ring (bicyclic) bond motifs is 3. The number of methoxy groups -OCH3 is 3. The number of halogens is 1. The molecule has 0 aliphatic heterocycles. The molecule has 3 amide bonds. The van der Waals surface area contributed by atoms with Crippen LogP contribution in [0.25, 0.3) is 66.5 Å². The zero-order valence-electron chi connectivity index (χ0n) is 64.4. The van der Waals surface area contributed by atoms with Gasteiger partial charge in [0.05, 0.1) is 79.1 Å². The minimum Gasteiger partial charge on any atom is -0.494 e. The Balaban J connectivity index is 0.000000177. The summed E-state index contributed by atoms with van der Waals surface area (Å²) in [5.41, 5.74) is 12.6. The molecule has 0 atom stereocenters. The Bertz CT molecular complexity index is 5310. The van der Waals surface area contributed by atoms with Crippen molar-refractivity contribution in [2.45, 2.75) is 13.5 Å². The highest BCUT2D eigenvalue weighted by Crippen LogP contribution is 2.43. The molecule has 6 aromatic carbocycles. The molecule has 6 aromatic heterocycles. The van der Waals surface area contributed by atoms with Crippen LogP contribution in [0.2, 0.25) is 0 Å². The number of likely N-dealkylation sites (N-methyl/N-ethyl adjacent to an activating group) is 3. The largest absolute Gasteiger partial charge is 0.494 e. The highest BCUT2D eigenvalue weighted by atomic mass is 19.1. The van der Waals surface area contributed by atoms with Crippen molar-refractivity contribution in [2.24, 2.45) is 14.1 Å². The van der Waals surface area contributed by atoms with Crippen molar-refractivity contribution in [2.75, 3.05) is 142 Å². The summed E-state index contributed by atoms with van der Waals surface area (Å²) in [6, 6.07) is 40.2. The van der Waals surface area contributed by atoms with E-state index in [-0.39, 0.29) is 24.3 Å². The average Bonchev–Trinajstić information content (AvgIpc) is 1.64. The third-order valence-electron chi connectivity index (χ3n) is 17.5. The number of nitrogens with one attached hydrogen (secondary N) is 6. The van der Waals surface area contributed by atoms with Crippen molar-refractivity contribution < 1.29 is 47.2 Å². The van der Waals surface area contributed by atoms with Crippen LogP contribution >= 0.6 is 0 Å². The zero-order valence-corrected chi connectivity index (χ0v) is 64.4. The molecular formula is C83H93FN18O9. The number of alkyl halides is 1. The predicted molar refractivity (Wildman–Crippen MR) is 439 cm³/mol. The van der Waals surface area contributed by atoms with Crippen LogP contribution in [0.15, 0.2) is 196 Å². The summed E-state index contributed by atoms with van der Waals surface area (Å²) in [5, 5.41) is 21.3. The van der Waals surface area contributed by atoms with Gasteiger partial charge >= 0.3 is 0 Å². The molecule has 0 spiro atoms. The number of benzene rings is 6. The van der Waals surface area contributed by atoms with E-state index in [2.05, 4.69) is 113 Å². The summed E-state index contributed by atoms with van der Waals surface area (Å²) in [4.78, 5) is 69.8. The molecule has 576 valence electrons. The summed E-state index contributed by atoms with van der Waals surface area (Å²) in [6.07, 6.45) is 12.6. The molecule has 12 rings (SSSR count). The Morgan fingerprint density at radius 1 is 0.459 bits per heavy atom. The van der Waals surface area contributed by atoms with Gasteiger partial charge in [0.25, 0.3) is 0 Å². The summed E-state index contributed by atoms with van der Waals surface area (Å²) in [6.45, 7) is 15.9. The van der Waals surface area contributed by atoms with E-state index < -0.39 is 6.67 Å². The second-order valence-electron chi connectivity index (χ2n) is 26.0. The van der Waals surface area contributed by atoms with Gasteiger partial charge in [-0.25, -0.2) is 34.3 Å². The van der Waals surface area contributed by atoms with Gasteiger partial charge in [-0.3, -0.25) is 14.4 Å². The molecule has 12 aromatic rings. The fraction of sp³-hybridized carbons (Fsp3) is 0.241. The number of ether oxygens (including phenoxy) is 6. The summed E-state index contributed by atoms with van der Waals surface area (Å²) in [7, 11) is 20.5. The molecule has 0 bridgehead atoms. The third kappa shape index (κ3) is 20.4. The molecule has 0 aliphatic rings. The van der Waals surface area contributed by atoms with E-state index in [1.807, 2.05) is 143 Å². The van der Waals surface area contributed by atoms with Crippen molar-refractivity contribution in [1.82, 2.24) is 58.3 Å². The Labute approximate surface area is 644 Å². The van der Waals surface area contributed by atoms with Gasteiger partial charge < -0.3 is 88.7 Å². The van der Waals surface area contributed by atoms with E-state index in [4.69, 9.17) is 43.4 Å². The lowest BCUT2D eigenvalue weighted by Gasteiger charge is -2.18. The molecule has 0 fully saturated rings. The second kappa shape index (κ2) is 38.1. The Morgan fingerprint density at radius 2 is 0.820 bits per heavy atom. The molecule has 6 N–H and O–H groups in total. The smallest absolute Gasteiger partial charge is 0.247 e. The minimum absolute atomic E-state index is 0.260. The molecule has 27 nitrogen and oxygen atoms in total. The van der Waals surface area contributed by atoms with Gasteiger partial charge in [0.2, 0.25) is 35.6 Å². The van der Waals surface area contributed by atoms with Crippen LogP contribution in [0.1, 0.15) is 5.69 Å². The molecule has 111 heavy (non-hydrogen) atoms. The van der Waals surface area contributed by atoms with E-state index in [1.165, 1.54) is 18.2 Å². The normalized spacial score (nSPS) is 11.0. The van der Waals surface area contributed by atoms with Gasteiger partial charge in [0.15, 0.2) is 0 Å². The molecule has 0 aliphatic carbocycles. The van der Waals surface area contributed by atoms with Gasteiger partial charge in [-0.05, 0) is 122 Å². The number of carbonyl (C=O) groups excluding carboxylic acids is 3. The maximum atomic E-state index is 13.2. The maximum absolute atomic E-state index is 13.2. The SMILES string of the molecule is C=CC(=O)Nc1cc(Nc2nccc(-c3c(C)n(C)c4ccccc34)n2)c(OC)cc1OCCN(C)C.C=CC(=O)Nc1cc(Nc2nccc(-c3cn(C)c4ccccc34)n2)c(OC)cc1OCCN(C)C.C=CC(=O)Nc1cc(Nc2nccc(-c3cn(CCF)c4ccccc34)n2)c(OC)cc1OCCN(C)C. The minimum atomic E-state index is -0.464. The Morgan fingerprint density at radius 3 is 1.22 bits per heavy atom. The molecule has 0 saturated heterocycles. The van der Waals surface area contributed by atoms with E-state index in [0.29, 0.717) is 132 Å². The van der Waals surface area contributed by atoms with Crippen molar-refractivity contribution in [1.29, 1.82) is 0 Å². The second-order valence-corrected chi connectivity index (χ2v) is 26.0. The number of rotatable bonds is 32. The first-order valence-electron chi connectivity index (χ1n) is 35.5. The van der Waals surface area contributed by atoms with Crippen LogP contribution in [0.4, 0.5) is 56.4 Å². The summed E-state index contributed by atoms with van der Waals surface area (Å²) < 4.78 is 53.9. The number of hydrogen-bond donors (Lipinski definition) is 6. The summed E-state index contributed by atoms with van der Waals surface area (Å²) >= 11 is 0. The number of aryl methyl sites for hydroxylation is 3. The standard InChI is InChI=1S/C28H31FN6O3.C28H32N6O3.C27H30N6O3/c1-5-27(36)31-23-16-22(25(37-4)17-26(23)38-15-14-34(2)3)33-28-30-12-10-21(32-28)20-18-35(13-11-29)24-9-7-6-8-19(20)24;1-7-26(35)30-22-16-21(24(36-6)17-25(22)37-15-14-33(3)4)32-28-29-13-12-20(31-28)27-18(2)34(5)23-11-9-8-10-19(23)27;1-6-26(34)29-22-15-21(24(35-5)16-25(22)36-14-13-32(2)3)31-27-28-12-11-20(30-27)19-17-33(4)23-10-8-7-9-18(19)23/h5-10,12,16-18H,1,11,13-15H2,2-4H3,(H,31,36)(H,30,32,33);7-13,16-17H,1,14-15H2,2-6H3,(H,30,35)(H,29,31,32);6-12,15-17H,1,13-14H2,2-5H3,(H,29,34)(H,28,30,31).